The van der Waals surface area contributed by atoms with Gasteiger partial charge in [-0.1, -0.05) is 121 Å². The summed E-state index contributed by atoms with van der Waals surface area (Å²) in [6, 6.07) is 66.6. The molecule has 8 aromatic carbocycles. The van der Waals surface area contributed by atoms with Crippen molar-refractivity contribution in [2.45, 2.75) is 0 Å². The highest BCUT2D eigenvalue weighted by Gasteiger charge is 2.17. The molecule has 51 heavy (non-hydrogen) atoms. The third-order valence-electron chi connectivity index (χ3n) is 10.5. The van der Waals surface area contributed by atoms with E-state index < -0.39 is 0 Å². The molecule has 0 spiro atoms. The first-order chi connectivity index (χ1) is 25.3. The summed E-state index contributed by atoms with van der Waals surface area (Å²) in [4.78, 5) is 0. The maximum atomic E-state index is 2.46. The zero-order valence-corrected chi connectivity index (χ0v) is 28.4. The molecule has 3 heteroatoms. The molecule has 3 heterocycles. The first kappa shape index (κ1) is 28.4. The van der Waals surface area contributed by atoms with Crippen LogP contribution in [0.5, 0.6) is 0 Å². The van der Waals surface area contributed by atoms with Crippen molar-refractivity contribution in [2.24, 2.45) is 0 Å². The molecule has 0 saturated heterocycles. The van der Waals surface area contributed by atoms with Gasteiger partial charge in [-0.2, -0.15) is 0 Å². The second-order valence-electron chi connectivity index (χ2n) is 13.3. The molecule has 0 radical (unpaired) electrons. The van der Waals surface area contributed by atoms with Gasteiger partial charge in [0.1, 0.15) is 0 Å². The van der Waals surface area contributed by atoms with Crippen LogP contribution in [-0.2, 0) is 0 Å². The van der Waals surface area contributed by atoms with Crippen LogP contribution < -0.4 is 0 Å². The zero-order chi connectivity index (χ0) is 33.5. The normalized spacial score (nSPS) is 11.9. The van der Waals surface area contributed by atoms with Crippen LogP contribution in [0.4, 0.5) is 0 Å². The van der Waals surface area contributed by atoms with Gasteiger partial charge in [0.05, 0.1) is 32.5 Å². The fourth-order valence-electron chi connectivity index (χ4n) is 8.18. The molecule has 0 bridgehead atoms. The average Bonchev–Trinajstić information content (AvgIpc) is 3.86. The van der Waals surface area contributed by atoms with Crippen LogP contribution in [0.1, 0.15) is 0 Å². The highest BCUT2D eigenvalue weighted by molar-refractivity contribution is 7.26. The van der Waals surface area contributed by atoms with Crippen LogP contribution in [0.15, 0.2) is 182 Å². The number of rotatable bonds is 4. The predicted molar refractivity (Wildman–Crippen MR) is 219 cm³/mol. The van der Waals surface area contributed by atoms with Crippen LogP contribution in [-0.4, -0.2) is 9.13 Å². The molecule has 0 unspecified atom stereocenters. The maximum Gasteiger partial charge on any atom is 0.0640 e. The number of para-hydroxylation sites is 3. The molecule has 0 amide bonds. The van der Waals surface area contributed by atoms with Gasteiger partial charge in [0, 0.05) is 42.7 Å². The molecule has 0 atom stereocenters. The number of thiophene rings is 1. The summed E-state index contributed by atoms with van der Waals surface area (Å²) in [5.74, 6) is 0. The van der Waals surface area contributed by atoms with E-state index in [0.29, 0.717) is 0 Å². The summed E-state index contributed by atoms with van der Waals surface area (Å²) < 4.78 is 7.47. The molecule has 2 nitrogen and oxygen atoms in total. The molecule has 0 saturated carbocycles. The van der Waals surface area contributed by atoms with E-state index in [4.69, 9.17) is 0 Å². The quantitative estimate of drug-likeness (QED) is 0.177. The van der Waals surface area contributed by atoms with Gasteiger partial charge in [-0.15, -0.1) is 11.3 Å². The lowest BCUT2D eigenvalue weighted by atomic mass is 9.98. The van der Waals surface area contributed by atoms with Crippen molar-refractivity contribution < 1.29 is 0 Å². The Morgan fingerprint density at radius 3 is 1.47 bits per heavy atom. The maximum absolute atomic E-state index is 2.46. The van der Waals surface area contributed by atoms with E-state index in [2.05, 4.69) is 191 Å². The predicted octanol–water partition coefficient (Wildman–Crippen LogP) is 13.6. The molecule has 0 aliphatic rings. The molecule has 0 N–H and O–H groups in total. The standard InChI is InChI=1S/C48H30N2S/c1-2-11-35(12-3-1)49-42-17-7-4-13-36(42)40-29-33(25-27-44(40)49)31-21-23-32(24-22-31)34-26-28-45-41(30-34)37-14-5-8-18-43(37)50(45)46-19-10-16-39-38-15-6-9-20-47(38)51-48(39)46/h1-30H. The Kier molecular flexibility index (Phi) is 6.16. The van der Waals surface area contributed by atoms with Crippen LogP contribution in [0.3, 0.4) is 0 Å². The van der Waals surface area contributed by atoms with Gasteiger partial charge in [-0.05, 0) is 82.9 Å². The smallest absolute Gasteiger partial charge is 0.0640 e. The Labute approximate surface area is 298 Å². The van der Waals surface area contributed by atoms with Gasteiger partial charge in [-0.25, -0.2) is 0 Å². The van der Waals surface area contributed by atoms with Gasteiger partial charge >= 0.3 is 0 Å². The lowest BCUT2D eigenvalue weighted by molar-refractivity contribution is 1.18. The second-order valence-corrected chi connectivity index (χ2v) is 14.4. The third-order valence-corrected chi connectivity index (χ3v) is 11.7. The Bertz CT molecular complexity index is 3120. The first-order valence-corrected chi connectivity index (χ1v) is 18.3. The Morgan fingerprint density at radius 1 is 0.314 bits per heavy atom. The fourth-order valence-corrected chi connectivity index (χ4v) is 9.39. The summed E-state index contributed by atoms with van der Waals surface area (Å²) in [6.45, 7) is 0. The highest BCUT2D eigenvalue weighted by atomic mass is 32.1. The summed E-state index contributed by atoms with van der Waals surface area (Å²) in [5.41, 5.74) is 12.2. The van der Waals surface area contributed by atoms with E-state index in [0.717, 1.165) is 0 Å². The fraction of sp³-hybridized carbons (Fsp3) is 0. The molecule has 238 valence electrons. The highest BCUT2D eigenvalue weighted by Crippen LogP contribution is 2.42. The topological polar surface area (TPSA) is 9.86 Å². The molecular formula is C48H30N2S. The Balaban J connectivity index is 1.01. The van der Waals surface area contributed by atoms with E-state index in [9.17, 15) is 0 Å². The number of hydrogen-bond acceptors (Lipinski definition) is 1. The third kappa shape index (κ3) is 4.29. The van der Waals surface area contributed by atoms with Crippen molar-refractivity contribution in [1.82, 2.24) is 9.13 Å². The van der Waals surface area contributed by atoms with Crippen LogP contribution in [0, 0.1) is 0 Å². The largest absolute Gasteiger partial charge is 0.309 e. The number of hydrogen-bond donors (Lipinski definition) is 0. The van der Waals surface area contributed by atoms with Crippen molar-refractivity contribution in [3.8, 4) is 33.6 Å². The second kappa shape index (κ2) is 11.0. The number of aromatic nitrogens is 2. The number of fused-ring (bicyclic) bond motifs is 9. The van der Waals surface area contributed by atoms with E-state index in [1.54, 1.807) is 0 Å². The minimum absolute atomic E-state index is 1.18. The van der Waals surface area contributed by atoms with Gasteiger partial charge in [-0.3, -0.25) is 0 Å². The summed E-state index contributed by atoms with van der Waals surface area (Å²) in [7, 11) is 0. The van der Waals surface area contributed by atoms with E-state index in [1.807, 2.05) is 11.3 Å². The molecule has 3 aromatic heterocycles. The molecule has 0 fully saturated rings. The first-order valence-electron chi connectivity index (χ1n) is 17.4. The van der Waals surface area contributed by atoms with Crippen LogP contribution >= 0.6 is 11.3 Å². The van der Waals surface area contributed by atoms with Crippen LogP contribution in [0.25, 0.3) is 97.4 Å². The molecule has 0 aliphatic heterocycles. The molecule has 11 aromatic rings. The van der Waals surface area contributed by atoms with Crippen LogP contribution in [0.2, 0.25) is 0 Å². The minimum Gasteiger partial charge on any atom is -0.309 e. The van der Waals surface area contributed by atoms with Gasteiger partial charge < -0.3 is 9.13 Å². The van der Waals surface area contributed by atoms with E-state index in [1.165, 1.54) is 97.4 Å². The zero-order valence-electron chi connectivity index (χ0n) is 27.6. The number of nitrogens with zero attached hydrogens (tertiary/aromatic N) is 2. The van der Waals surface area contributed by atoms with Crippen molar-refractivity contribution in [3.05, 3.63) is 182 Å². The molecule has 0 aliphatic carbocycles. The summed E-state index contributed by atoms with van der Waals surface area (Å²) in [6.07, 6.45) is 0. The Morgan fingerprint density at radius 2 is 0.804 bits per heavy atom. The van der Waals surface area contributed by atoms with Gasteiger partial charge in [0.15, 0.2) is 0 Å². The van der Waals surface area contributed by atoms with Gasteiger partial charge in [0.25, 0.3) is 0 Å². The molecular weight excluding hydrogens is 637 g/mol. The van der Waals surface area contributed by atoms with Crippen molar-refractivity contribution in [2.75, 3.05) is 0 Å². The van der Waals surface area contributed by atoms with E-state index >= 15 is 0 Å². The average molecular weight is 667 g/mol. The molecule has 11 rings (SSSR count). The van der Waals surface area contributed by atoms with Gasteiger partial charge in [0.2, 0.25) is 0 Å². The van der Waals surface area contributed by atoms with E-state index in [-0.39, 0.29) is 0 Å². The summed E-state index contributed by atoms with van der Waals surface area (Å²) in [5, 5.41) is 7.72. The lowest BCUT2D eigenvalue weighted by Crippen LogP contribution is -1.93. The number of benzene rings is 8. The summed E-state index contributed by atoms with van der Waals surface area (Å²) >= 11 is 1.88. The monoisotopic (exact) mass is 666 g/mol. The SMILES string of the molecule is c1ccc(-n2c3ccccc3c3cc(-c4ccc(-c5ccc6c(c5)c5ccccc5n6-c5cccc6c5sc5ccccc56)cc4)ccc32)cc1. The lowest BCUT2D eigenvalue weighted by Gasteiger charge is -2.10. The minimum atomic E-state index is 1.18. The van der Waals surface area contributed by atoms with Crippen molar-refractivity contribution in [1.29, 1.82) is 0 Å². The Hall–Kier alpha value is -6.42. The van der Waals surface area contributed by atoms with Crippen molar-refractivity contribution >= 4 is 75.1 Å². The van der Waals surface area contributed by atoms with Crippen molar-refractivity contribution in [3.63, 3.8) is 0 Å².